The topological polar surface area (TPSA) is 21.3 Å². The van der Waals surface area contributed by atoms with Crippen molar-refractivity contribution in [3.05, 3.63) is 21.4 Å². The molecule has 13 heavy (non-hydrogen) atoms. The number of hydrogen-bond acceptors (Lipinski definition) is 3. The third kappa shape index (κ3) is 3.46. The lowest BCUT2D eigenvalue weighted by molar-refractivity contribution is 0.199. The molecule has 0 saturated carbocycles. The standard InChI is InChI=1S/C10H17NOS/c1-8-6-10(13-9(8)2)7-11-4-5-12-3/h6,11H,4-5,7H2,1-3H3. The van der Waals surface area contributed by atoms with E-state index in [1.54, 1.807) is 7.11 Å². The van der Waals surface area contributed by atoms with E-state index in [1.165, 1.54) is 15.3 Å². The number of nitrogens with one attached hydrogen (secondary N) is 1. The minimum Gasteiger partial charge on any atom is -0.383 e. The highest BCUT2D eigenvalue weighted by molar-refractivity contribution is 7.12. The van der Waals surface area contributed by atoms with Crippen molar-refractivity contribution in [3.8, 4) is 0 Å². The molecule has 0 aliphatic heterocycles. The van der Waals surface area contributed by atoms with E-state index in [-0.39, 0.29) is 0 Å². The summed E-state index contributed by atoms with van der Waals surface area (Å²) in [4.78, 5) is 2.83. The molecule has 0 spiro atoms. The summed E-state index contributed by atoms with van der Waals surface area (Å²) in [5.41, 5.74) is 1.40. The van der Waals surface area contributed by atoms with Crippen molar-refractivity contribution in [3.63, 3.8) is 0 Å². The van der Waals surface area contributed by atoms with E-state index in [2.05, 4.69) is 25.2 Å². The van der Waals surface area contributed by atoms with Gasteiger partial charge in [0.2, 0.25) is 0 Å². The largest absolute Gasteiger partial charge is 0.383 e. The van der Waals surface area contributed by atoms with Gasteiger partial charge in [0, 0.05) is 30.0 Å². The summed E-state index contributed by atoms with van der Waals surface area (Å²) in [6.07, 6.45) is 0. The third-order valence-electron chi connectivity index (χ3n) is 2.00. The van der Waals surface area contributed by atoms with Crippen LogP contribution in [0, 0.1) is 13.8 Å². The van der Waals surface area contributed by atoms with Gasteiger partial charge in [0.1, 0.15) is 0 Å². The van der Waals surface area contributed by atoms with Crippen molar-refractivity contribution in [1.29, 1.82) is 0 Å². The molecular formula is C10H17NOS. The Morgan fingerprint density at radius 3 is 2.77 bits per heavy atom. The van der Waals surface area contributed by atoms with Crippen LogP contribution in [-0.4, -0.2) is 20.3 Å². The Balaban J connectivity index is 2.29. The molecule has 0 bridgehead atoms. The number of ether oxygens (including phenoxy) is 1. The Morgan fingerprint density at radius 1 is 1.46 bits per heavy atom. The van der Waals surface area contributed by atoms with Crippen molar-refractivity contribution in [2.24, 2.45) is 0 Å². The maximum Gasteiger partial charge on any atom is 0.0587 e. The first-order valence-electron chi connectivity index (χ1n) is 4.49. The molecule has 0 saturated heterocycles. The maximum atomic E-state index is 4.95. The molecule has 0 aliphatic carbocycles. The molecular weight excluding hydrogens is 182 g/mol. The highest BCUT2D eigenvalue weighted by Crippen LogP contribution is 2.19. The number of rotatable bonds is 5. The van der Waals surface area contributed by atoms with E-state index in [1.807, 2.05) is 11.3 Å². The van der Waals surface area contributed by atoms with Gasteiger partial charge < -0.3 is 10.1 Å². The highest BCUT2D eigenvalue weighted by atomic mass is 32.1. The molecule has 0 aromatic carbocycles. The van der Waals surface area contributed by atoms with Gasteiger partial charge in [-0.25, -0.2) is 0 Å². The summed E-state index contributed by atoms with van der Waals surface area (Å²) in [5.74, 6) is 0. The van der Waals surface area contributed by atoms with Crippen LogP contribution in [0.1, 0.15) is 15.3 Å². The molecule has 1 heterocycles. The zero-order chi connectivity index (χ0) is 9.68. The van der Waals surface area contributed by atoms with E-state index in [0.29, 0.717) is 0 Å². The second-order valence-electron chi connectivity index (χ2n) is 3.12. The predicted molar refractivity (Wildman–Crippen MR) is 57.4 cm³/mol. The first-order valence-corrected chi connectivity index (χ1v) is 5.31. The van der Waals surface area contributed by atoms with Gasteiger partial charge in [-0.3, -0.25) is 0 Å². The van der Waals surface area contributed by atoms with Gasteiger partial charge in [-0.1, -0.05) is 0 Å². The van der Waals surface area contributed by atoms with Crippen molar-refractivity contribution in [2.45, 2.75) is 20.4 Å². The Labute approximate surface area is 83.9 Å². The minimum atomic E-state index is 0.781. The quantitative estimate of drug-likeness (QED) is 0.733. The highest BCUT2D eigenvalue weighted by Gasteiger charge is 1.99. The summed E-state index contributed by atoms with van der Waals surface area (Å²) in [7, 11) is 1.72. The SMILES string of the molecule is COCCNCc1cc(C)c(C)s1. The second-order valence-corrected chi connectivity index (χ2v) is 4.46. The van der Waals surface area contributed by atoms with Gasteiger partial charge in [-0.05, 0) is 25.5 Å². The molecule has 0 atom stereocenters. The van der Waals surface area contributed by atoms with Crippen molar-refractivity contribution < 1.29 is 4.74 Å². The molecule has 1 aromatic rings. The van der Waals surface area contributed by atoms with E-state index < -0.39 is 0 Å². The van der Waals surface area contributed by atoms with Gasteiger partial charge in [0.05, 0.1) is 6.61 Å². The average Bonchev–Trinajstić information content (AvgIpc) is 2.41. The van der Waals surface area contributed by atoms with Crippen LogP contribution in [-0.2, 0) is 11.3 Å². The van der Waals surface area contributed by atoms with Gasteiger partial charge in [-0.2, -0.15) is 0 Å². The predicted octanol–water partition coefficient (Wildman–Crippen LogP) is 2.10. The lowest BCUT2D eigenvalue weighted by Gasteiger charge is -2.00. The molecule has 0 aliphatic rings. The molecule has 1 aromatic heterocycles. The van der Waals surface area contributed by atoms with E-state index in [0.717, 1.165) is 19.7 Å². The molecule has 0 radical (unpaired) electrons. The van der Waals surface area contributed by atoms with Crippen LogP contribution >= 0.6 is 11.3 Å². The maximum absolute atomic E-state index is 4.95. The zero-order valence-electron chi connectivity index (χ0n) is 8.52. The summed E-state index contributed by atoms with van der Waals surface area (Å²) in [6, 6.07) is 2.25. The first-order chi connectivity index (χ1) is 6.24. The van der Waals surface area contributed by atoms with Crippen LogP contribution in [0.15, 0.2) is 6.07 Å². The molecule has 1 N–H and O–H groups in total. The van der Waals surface area contributed by atoms with Gasteiger partial charge in [0.25, 0.3) is 0 Å². The Morgan fingerprint density at radius 2 is 2.23 bits per heavy atom. The fraction of sp³-hybridized carbons (Fsp3) is 0.600. The van der Waals surface area contributed by atoms with E-state index >= 15 is 0 Å². The molecule has 0 unspecified atom stereocenters. The smallest absolute Gasteiger partial charge is 0.0587 e. The Hall–Kier alpha value is -0.380. The Bertz CT molecular complexity index is 238. The number of aryl methyl sites for hydroxylation is 2. The lowest BCUT2D eigenvalue weighted by atomic mass is 10.3. The average molecular weight is 199 g/mol. The number of hydrogen-bond donors (Lipinski definition) is 1. The van der Waals surface area contributed by atoms with Gasteiger partial charge >= 0.3 is 0 Å². The lowest BCUT2D eigenvalue weighted by Crippen LogP contribution is -2.17. The van der Waals surface area contributed by atoms with Crippen LogP contribution in [0.2, 0.25) is 0 Å². The van der Waals surface area contributed by atoms with E-state index in [4.69, 9.17) is 4.74 Å². The molecule has 74 valence electrons. The van der Waals surface area contributed by atoms with Crippen LogP contribution in [0.3, 0.4) is 0 Å². The fourth-order valence-corrected chi connectivity index (χ4v) is 2.15. The van der Waals surface area contributed by atoms with Crippen LogP contribution in [0.25, 0.3) is 0 Å². The monoisotopic (exact) mass is 199 g/mol. The summed E-state index contributed by atoms with van der Waals surface area (Å²) >= 11 is 1.87. The number of methoxy groups -OCH3 is 1. The van der Waals surface area contributed by atoms with Crippen molar-refractivity contribution in [1.82, 2.24) is 5.32 Å². The zero-order valence-corrected chi connectivity index (χ0v) is 9.33. The van der Waals surface area contributed by atoms with E-state index in [9.17, 15) is 0 Å². The third-order valence-corrected chi connectivity index (χ3v) is 3.15. The first kappa shape index (κ1) is 10.7. The summed E-state index contributed by atoms with van der Waals surface area (Å²) < 4.78 is 4.95. The van der Waals surface area contributed by atoms with Gasteiger partial charge in [0.15, 0.2) is 0 Å². The fourth-order valence-electron chi connectivity index (χ4n) is 1.12. The van der Waals surface area contributed by atoms with Crippen LogP contribution < -0.4 is 5.32 Å². The molecule has 0 fully saturated rings. The van der Waals surface area contributed by atoms with Crippen LogP contribution in [0.4, 0.5) is 0 Å². The number of thiophene rings is 1. The summed E-state index contributed by atoms with van der Waals surface area (Å²) in [5, 5.41) is 3.33. The second kappa shape index (κ2) is 5.37. The Kier molecular flexibility index (Phi) is 4.42. The minimum absolute atomic E-state index is 0.781. The van der Waals surface area contributed by atoms with Gasteiger partial charge in [-0.15, -0.1) is 11.3 Å². The molecule has 2 nitrogen and oxygen atoms in total. The molecule has 0 amide bonds. The van der Waals surface area contributed by atoms with Crippen molar-refractivity contribution in [2.75, 3.05) is 20.3 Å². The molecule has 1 rings (SSSR count). The summed E-state index contributed by atoms with van der Waals surface area (Å²) in [6.45, 7) is 6.99. The molecule has 3 heteroatoms. The van der Waals surface area contributed by atoms with Crippen LogP contribution in [0.5, 0.6) is 0 Å². The normalized spacial score (nSPS) is 10.7. The van der Waals surface area contributed by atoms with Crippen molar-refractivity contribution >= 4 is 11.3 Å².